The van der Waals surface area contributed by atoms with Crippen molar-refractivity contribution in [3.63, 3.8) is 0 Å². The maximum Gasteiger partial charge on any atom is 0.339 e. The van der Waals surface area contributed by atoms with E-state index in [9.17, 15) is 18.0 Å². The van der Waals surface area contributed by atoms with E-state index in [1.54, 1.807) is 0 Å². The van der Waals surface area contributed by atoms with E-state index < -0.39 is 28.3 Å². The molecule has 0 spiro atoms. The molecular formula is C15H21NO5S. The van der Waals surface area contributed by atoms with Gasteiger partial charge in [0.25, 0.3) is 5.91 Å². The first-order valence-electron chi connectivity index (χ1n) is 6.88. The number of carbonyl (C=O) groups excluding carboxylic acids is 2. The number of rotatable bonds is 6. The van der Waals surface area contributed by atoms with E-state index in [-0.39, 0.29) is 22.4 Å². The molecule has 0 bridgehead atoms. The highest BCUT2D eigenvalue weighted by molar-refractivity contribution is 7.90. The van der Waals surface area contributed by atoms with Crippen molar-refractivity contribution >= 4 is 21.7 Å². The van der Waals surface area contributed by atoms with Crippen LogP contribution in [0.15, 0.2) is 29.2 Å². The predicted molar refractivity (Wildman–Crippen MR) is 82.3 cm³/mol. The van der Waals surface area contributed by atoms with Gasteiger partial charge in [-0.3, -0.25) is 4.79 Å². The van der Waals surface area contributed by atoms with Gasteiger partial charge in [-0.1, -0.05) is 26.0 Å². The van der Waals surface area contributed by atoms with Gasteiger partial charge >= 0.3 is 5.97 Å². The molecular weight excluding hydrogens is 306 g/mol. The van der Waals surface area contributed by atoms with E-state index in [0.717, 1.165) is 6.26 Å². The summed E-state index contributed by atoms with van der Waals surface area (Å²) < 4.78 is 28.2. The lowest BCUT2D eigenvalue weighted by Gasteiger charge is -2.17. The summed E-state index contributed by atoms with van der Waals surface area (Å²) >= 11 is 0. The molecule has 0 saturated heterocycles. The van der Waals surface area contributed by atoms with Gasteiger partial charge in [0.15, 0.2) is 16.4 Å². The van der Waals surface area contributed by atoms with Gasteiger partial charge in [0.05, 0.1) is 10.5 Å². The molecule has 1 N–H and O–H groups in total. The van der Waals surface area contributed by atoms with Gasteiger partial charge in [-0.05, 0) is 25.0 Å². The molecule has 7 heteroatoms. The van der Waals surface area contributed by atoms with Crippen LogP contribution in [-0.2, 0) is 19.4 Å². The van der Waals surface area contributed by atoms with Crippen molar-refractivity contribution in [2.45, 2.75) is 31.7 Å². The molecule has 1 atom stereocenters. The Kier molecular flexibility index (Phi) is 6.11. The van der Waals surface area contributed by atoms with E-state index in [4.69, 9.17) is 4.74 Å². The average Bonchev–Trinajstić information content (AvgIpc) is 2.43. The van der Waals surface area contributed by atoms with Gasteiger partial charge < -0.3 is 10.1 Å². The molecule has 0 saturated carbocycles. The zero-order valence-electron chi connectivity index (χ0n) is 13.1. The molecule has 0 unspecified atom stereocenters. The molecule has 0 aliphatic carbocycles. The van der Waals surface area contributed by atoms with Crippen LogP contribution in [0.5, 0.6) is 0 Å². The molecule has 1 rings (SSSR count). The first kappa shape index (κ1) is 18.2. The van der Waals surface area contributed by atoms with E-state index in [1.165, 1.54) is 24.3 Å². The van der Waals surface area contributed by atoms with Crippen LogP contribution in [0.4, 0.5) is 0 Å². The highest BCUT2D eigenvalue weighted by Crippen LogP contribution is 2.16. The van der Waals surface area contributed by atoms with Crippen LogP contribution in [0.3, 0.4) is 0 Å². The molecule has 0 radical (unpaired) electrons. The highest BCUT2D eigenvalue weighted by Gasteiger charge is 2.20. The zero-order valence-corrected chi connectivity index (χ0v) is 13.9. The maximum absolute atomic E-state index is 12.0. The summed E-state index contributed by atoms with van der Waals surface area (Å²) in [6, 6.07) is 5.69. The van der Waals surface area contributed by atoms with Gasteiger partial charge in [-0.2, -0.15) is 0 Å². The Labute approximate surface area is 130 Å². The van der Waals surface area contributed by atoms with Gasteiger partial charge in [-0.25, -0.2) is 13.2 Å². The summed E-state index contributed by atoms with van der Waals surface area (Å²) in [5.41, 5.74) is -0.0743. The van der Waals surface area contributed by atoms with Crippen molar-refractivity contribution in [1.29, 1.82) is 0 Å². The van der Waals surface area contributed by atoms with Crippen LogP contribution in [-0.4, -0.2) is 39.2 Å². The third kappa shape index (κ3) is 5.14. The number of nitrogens with one attached hydrogen (secondary N) is 1. The summed E-state index contributed by atoms with van der Waals surface area (Å²) in [6.45, 7) is 5.32. The van der Waals surface area contributed by atoms with Crippen LogP contribution in [0.2, 0.25) is 0 Å². The number of hydrogen-bond donors (Lipinski definition) is 1. The third-order valence-electron chi connectivity index (χ3n) is 3.23. The minimum absolute atomic E-state index is 0.0468. The van der Waals surface area contributed by atoms with Crippen LogP contribution >= 0.6 is 0 Å². The topological polar surface area (TPSA) is 89.5 Å². The summed E-state index contributed by atoms with van der Waals surface area (Å²) in [7, 11) is -3.55. The number of amides is 1. The van der Waals surface area contributed by atoms with Gasteiger partial charge in [0.2, 0.25) is 0 Å². The molecule has 0 fully saturated rings. The van der Waals surface area contributed by atoms with Crippen LogP contribution in [0.1, 0.15) is 31.1 Å². The second-order valence-electron chi connectivity index (χ2n) is 5.44. The van der Waals surface area contributed by atoms with Crippen LogP contribution in [0, 0.1) is 5.92 Å². The number of ether oxygens (including phenoxy) is 1. The number of carbonyl (C=O) groups is 2. The van der Waals surface area contributed by atoms with Crippen LogP contribution < -0.4 is 5.32 Å². The Morgan fingerprint density at radius 2 is 1.77 bits per heavy atom. The summed E-state index contributed by atoms with van der Waals surface area (Å²) in [5.74, 6) is -1.01. The van der Waals surface area contributed by atoms with Crippen molar-refractivity contribution in [2.24, 2.45) is 5.92 Å². The zero-order chi connectivity index (χ0) is 16.9. The molecule has 1 aromatic rings. The summed E-state index contributed by atoms with van der Waals surface area (Å²) in [6.07, 6.45) is 1.01. The second kappa shape index (κ2) is 7.40. The van der Waals surface area contributed by atoms with Crippen LogP contribution in [0.25, 0.3) is 0 Å². The first-order valence-corrected chi connectivity index (χ1v) is 8.77. The second-order valence-corrected chi connectivity index (χ2v) is 7.43. The SMILES string of the molecule is CC(C)[C@H](C)NC(=O)COC(=O)c1ccccc1S(C)(=O)=O. The van der Waals surface area contributed by atoms with Crippen molar-refractivity contribution in [1.82, 2.24) is 5.32 Å². The number of esters is 1. The average molecular weight is 327 g/mol. The summed E-state index contributed by atoms with van der Waals surface area (Å²) in [4.78, 5) is 23.5. The predicted octanol–water partition coefficient (Wildman–Crippen LogP) is 1.41. The lowest BCUT2D eigenvalue weighted by molar-refractivity contribution is -0.125. The first-order chi connectivity index (χ1) is 10.1. The minimum Gasteiger partial charge on any atom is -0.452 e. The fourth-order valence-corrected chi connectivity index (χ4v) is 2.51. The monoisotopic (exact) mass is 327 g/mol. The lowest BCUT2D eigenvalue weighted by Crippen LogP contribution is -2.38. The van der Waals surface area contributed by atoms with Gasteiger partial charge in [0.1, 0.15) is 0 Å². The fraction of sp³-hybridized carbons (Fsp3) is 0.467. The van der Waals surface area contributed by atoms with Gasteiger partial charge in [0, 0.05) is 12.3 Å². The Balaban J connectivity index is 2.74. The molecule has 22 heavy (non-hydrogen) atoms. The largest absolute Gasteiger partial charge is 0.452 e. The molecule has 0 aliphatic heterocycles. The normalized spacial score (nSPS) is 12.8. The number of sulfone groups is 1. The van der Waals surface area contributed by atoms with Crippen molar-refractivity contribution < 1.29 is 22.7 Å². The Bertz CT molecular complexity index is 652. The molecule has 122 valence electrons. The quantitative estimate of drug-likeness (QED) is 0.798. The molecule has 1 amide bonds. The van der Waals surface area contributed by atoms with Gasteiger partial charge in [-0.15, -0.1) is 0 Å². The minimum atomic E-state index is -3.55. The number of benzene rings is 1. The number of hydrogen-bond acceptors (Lipinski definition) is 5. The fourth-order valence-electron chi connectivity index (χ4n) is 1.63. The van der Waals surface area contributed by atoms with E-state index in [2.05, 4.69) is 5.32 Å². The lowest BCUT2D eigenvalue weighted by atomic mass is 10.1. The Hall–Kier alpha value is -1.89. The van der Waals surface area contributed by atoms with E-state index in [0.29, 0.717) is 0 Å². The smallest absolute Gasteiger partial charge is 0.339 e. The van der Waals surface area contributed by atoms with E-state index in [1.807, 2.05) is 20.8 Å². The summed E-state index contributed by atoms with van der Waals surface area (Å²) in [5, 5.41) is 2.70. The van der Waals surface area contributed by atoms with Crippen molar-refractivity contribution in [3.05, 3.63) is 29.8 Å². The molecule has 6 nitrogen and oxygen atoms in total. The molecule has 0 aromatic heterocycles. The maximum atomic E-state index is 12.0. The van der Waals surface area contributed by atoms with Crippen molar-refractivity contribution in [2.75, 3.05) is 12.9 Å². The van der Waals surface area contributed by atoms with Crippen molar-refractivity contribution in [3.8, 4) is 0 Å². The highest BCUT2D eigenvalue weighted by atomic mass is 32.2. The third-order valence-corrected chi connectivity index (χ3v) is 4.38. The van der Waals surface area contributed by atoms with E-state index >= 15 is 0 Å². The molecule has 1 aromatic carbocycles. The Morgan fingerprint density at radius 1 is 1.18 bits per heavy atom. The molecule has 0 aliphatic rings. The Morgan fingerprint density at radius 3 is 2.32 bits per heavy atom. The standard InChI is InChI=1S/C15H21NO5S/c1-10(2)11(3)16-14(17)9-21-15(18)12-7-5-6-8-13(12)22(4,19)20/h5-8,10-11H,9H2,1-4H3,(H,16,17)/t11-/m0/s1. The molecule has 0 heterocycles.